The Labute approximate surface area is 114 Å². The van der Waals surface area contributed by atoms with Gasteiger partial charge in [-0.1, -0.05) is 30.0 Å². The molecule has 2 rings (SSSR count). The van der Waals surface area contributed by atoms with Gasteiger partial charge in [-0.3, -0.25) is 0 Å². The molecule has 0 heterocycles. The Bertz CT molecular complexity index is 512. The maximum atomic E-state index is 11.9. The molecule has 3 N–H and O–H groups in total. The van der Waals surface area contributed by atoms with E-state index in [-0.39, 0.29) is 6.03 Å². The second-order valence-corrected chi connectivity index (χ2v) is 4.74. The fourth-order valence-electron chi connectivity index (χ4n) is 1.77. The first kappa shape index (κ1) is 13.4. The summed E-state index contributed by atoms with van der Waals surface area (Å²) in [7, 11) is 1.80. The van der Waals surface area contributed by atoms with E-state index in [0.29, 0.717) is 19.1 Å². The molecule has 1 aromatic carbocycles. The molecule has 1 aliphatic carbocycles. The van der Waals surface area contributed by atoms with Gasteiger partial charge in [-0.15, -0.1) is 0 Å². The van der Waals surface area contributed by atoms with Crippen molar-refractivity contribution in [3.63, 3.8) is 0 Å². The van der Waals surface area contributed by atoms with Gasteiger partial charge < -0.3 is 16.0 Å². The fourth-order valence-corrected chi connectivity index (χ4v) is 1.77. The van der Waals surface area contributed by atoms with Crippen LogP contribution in [-0.4, -0.2) is 30.6 Å². The average molecular weight is 257 g/mol. The molecule has 0 atom stereocenters. The van der Waals surface area contributed by atoms with E-state index < -0.39 is 0 Å². The summed E-state index contributed by atoms with van der Waals surface area (Å²) in [4.78, 5) is 13.6. The monoisotopic (exact) mass is 257 g/mol. The largest absolute Gasteiger partial charge is 0.335 e. The van der Waals surface area contributed by atoms with E-state index in [4.69, 9.17) is 5.73 Å². The lowest BCUT2D eigenvalue weighted by Crippen LogP contribution is -2.38. The normalized spacial score (nSPS) is 13.4. The van der Waals surface area contributed by atoms with Gasteiger partial charge in [0.05, 0.1) is 6.54 Å². The van der Waals surface area contributed by atoms with Crippen LogP contribution in [0, 0.1) is 11.8 Å². The van der Waals surface area contributed by atoms with Crippen molar-refractivity contribution in [1.82, 2.24) is 10.2 Å². The standard InChI is InChI=1S/C15H19N3O/c1-18(15(19)17-14-8-9-14)11-13-6-3-2-5-12(13)7-4-10-16/h2-3,5-6,14H,8-11,16H2,1H3,(H,17,19). The summed E-state index contributed by atoms with van der Waals surface area (Å²) in [5, 5.41) is 2.97. The minimum absolute atomic E-state index is 0.0240. The number of benzene rings is 1. The zero-order chi connectivity index (χ0) is 13.7. The van der Waals surface area contributed by atoms with Crippen LogP contribution in [0.15, 0.2) is 24.3 Å². The molecule has 4 nitrogen and oxygen atoms in total. The molecule has 0 spiro atoms. The molecule has 0 radical (unpaired) electrons. The second kappa shape index (κ2) is 6.26. The van der Waals surface area contributed by atoms with Gasteiger partial charge in [-0.25, -0.2) is 4.79 Å². The van der Waals surface area contributed by atoms with Crippen LogP contribution in [0.5, 0.6) is 0 Å². The molecule has 0 saturated heterocycles. The number of carbonyl (C=O) groups excluding carboxylic acids is 1. The molecular weight excluding hydrogens is 238 g/mol. The molecule has 100 valence electrons. The minimum Gasteiger partial charge on any atom is -0.335 e. The van der Waals surface area contributed by atoms with Crippen LogP contribution in [0.2, 0.25) is 0 Å². The zero-order valence-electron chi connectivity index (χ0n) is 11.1. The maximum Gasteiger partial charge on any atom is 0.317 e. The molecule has 0 aliphatic heterocycles. The Morgan fingerprint density at radius 2 is 2.21 bits per heavy atom. The Morgan fingerprint density at radius 1 is 1.47 bits per heavy atom. The molecule has 1 aliphatic rings. The zero-order valence-corrected chi connectivity index (χ0v) is 11.1. The van der Waals surface area contributed by atoms with Gasteiger partial charge in [-0.2, -0.15) is 0 Å². The highest BCUT2D eigenvalue weighted by molar-refractivity contribution is 5.74. The number of hydrogen-bond donors (Lipinski definition) is 2. The van der Waals surface area contributed by atoms with Crippen LogP contribution >= 0.6 is 0 Å². The van der Waals surface area contributed by atoms with E-state index in [2.05, 4.69) is 17.2 Å². The Kier molecular flexibility index (Phi) is 4.43. The van der Waals surface area contributed by atoms with Gasteiger partial charge in [0.1, 0.15) is 0 Å². The Morgan fingerprint density at radius 3 is 2.89 bits per heavy atom. The third kappa shape index (κ3) is 4.01. The topological polar surface area (TPSA) is 58.4 Å². The lowest BCUT2D eigenvalue weighted by Gasteiger charge is -2.18. The lowest BCUT2D eigenvalue weighted by atomic mass is 10.1. The first-order valence-electron chi connectivity index (χ1n) is 6.49. The molecule has 1 saturated carbocycles. The first-order chi connectivity index (χ1) is 9.20. The van der Waals surface area contributed by atoms with Crippen LogP contribution in [0.25, 0.3) is 0 Å². The van der Waals surface area contributed by atoms with Crippen molar-refractivity contribution in [2.75, 3.05) is 13.6 Å². The number of nitrogens with one attached hydrogen (secondary N) is 1. The predicted molar refractivity (Wildman–Crippen MR) is 75.4 cm³/mol. The first-order valence-corrected chi connectivity index (χ1v) is 6.49. The van der Waals surface area contributed by atoms with Gasteiger partial charge in [0.15, 0.2) is 0 Å². The molecule has 2 amide bonds. The summed E-state index contributed by atoms with van der Waals surface area (Å²) in [6.07, 6.45) is 2.19. The summed E-state index contributed by atoms with van der Waals surface area (Å²) in [5.74, 6) is 5.89. The van der Waals surface area contributed by atoms with Crippen molar-refractivity contribution in [1.29, 1.82) is 0 Å². The highest BCUT2D eigenvalue weighted by Crippen LogP contribution is 2.19. The van der Waals surface area contributed by atoms with Crippen LogP contribution in [0.1, 0.15) is 24.0 Å². The van der Waals surface area contributed by atoms with Crippen molar-refractivity contribution in [2.45, 2.75) is 25.4 Å². The summed E-state index contributed by atoms with van der Waals surface area (Å²) in [5.41, 5.74) is 7.36. The van der Waals surface area contributed by atoms with E-state index in [1.807, 2.05) is 24.3 Å². The number of urea groups is 1. The summed E-state index contributed by atoms with van der Waals surface area (Å²) < 4.78 is 0. The van der Waals surface area contributed by atoms with Crippen molar-refractivity contribution in [3.05, 3.63) is 35.4 Å². The molecule has 1 aromatic rings. The van der Waals surface area contributed by atoms with Gasteiger partial charge >= 0.3 is 6.03 Å². The van der Waals surface area contributed by atoms with Crippen LogP contribution in [0.4, 0.5) is 4.79 Å². The molecule has 4 heteroatoms. The van der Waals surface area contributed by atoms with Crippen molar-refractivity contribution >= 4 is 6.03 Å². The van der Waals surface area contributed by atoms with E-state index in [1.165, 1.54) is 0 Å². The van der Waals surface area contributed by atoms with Crippen molar-refractivity contribution in [2.24, 2.45) is 5.73 Å². The lowest BCUT2D eigenvalue weighted by molar-refractivity contribution is 0.206. The second-order valence-electron chi connectivity index (χ2n) is 4.74. The van der Waals surface area contributed by atoms with Gasteiger partial charge in [0.25, 0.3) is 0 Å². The number of carbonyl (C=O) groups is 1. The van der Waals surface area contributed by atoms with E-state index in [0.717, 1.165) is 24.0 Å². The van der Waals surface area contributed by atoms with Crippen molar-refractivity contribution in [3.8, 4) is 11.8 Å². The van der Waals surface area contributed by atoms with E-state index in [1.54, 1.807) is 11.9 Å². The Balaban J connectivity index is 2.02. The third-order valence-corrected chi connectivity index (χ3v) is 3.00. The maximum absolute atomic E-state index is 11.9. The highest BCUT2D eigenvalue weighted by Gasteiger charge is 2.24. The number of nitrogens with zero attached hydrogens (tertiary/aromatic N) is 1. The highest BCUT2D eigenvalue weighted by atomic mass is 16.2. The molecule has 19 heavy (non-hydrogen) atoms. The summed E-state index contributed by atoms with van der Waals surface area (Å²) in [6, 6.07) is 8.18. The Hall–Kier alpha value is -1.99. The number of nitrogens with two attached hydrogens (primary N) is 1. The quantitative estimate of drug-likeness (QED) is 0.802. The van der Waals surface area contributed by atoms with Crippen LogP contribution in [0.3, 0.4) is 0 Å². The van der Waals surface area contributed by atoms with Crippen LogP contribution in [-0.2, 0) is 6.54 Å². The SMILES string of the molecule is CN(Cc1ccccc1C#CCN)C(=O)NC1CC1. The van der Waals surface area contributed by atoms with Crippen LogP contribution < -0.4 is 11.1 Å². The molecular formula is C15H19N3O. The molecule has 0 bridgehead atoms. The number of amides is 2. The van der Waals surface area contributed by atoms with E-state index in [9.17, 15) is 4.79 Å². The average Bonchev–Trinajstić information content (AvgIpc) is 3.21. The molecule has 0 unspecified atom stereocenters. The van der Waals surface area contributed by atoms with Gasteiger partial charge in [-0.05, 0) is 24.5 Å². The molecule has 1 fully saturated rings. The smallest absolute Gasteiger partial charge is 0.317 e. The minimum atomic E-state index is -0.0240. The number of hydrogen-bond acceptors (Lipinski definition) is 2. The fraction of sp³-hybridized carbons (Fsp3) is 0.400. The third-order valence-electron chi connectivity index (χ3n) is 3.00. The van der Waals surface area contributed by atoms with Gasteiger partial charge in [0, 0.05) is 25.2 Å². The van der Waals surface area contributed by atoms with E-state index >= 15 is 0 Å². The summed E-state index contributed by atoms with van der Waals surface area (Å²) in [6.45, 7) is 0.889. The molecule has 0 aromatic heterocycles. The van der Waals surface area contributed by atoms with Gasteiger partial charge in [0.2, 0.25) is 0 Å². The summed E-state index contributed by atoms with van der Waals surface area (Å²) >= 11 is 0. The predicted octanol–water partition coefficient (Wildman–Crippen LogP) is 1.30. The van der Waals surface area contributed by atoms with Crippen molar-refractivity contribution < 1.29 is 4.79 Å². The number of rotatable bonds is 3.